The summed E-state index contributed by atoms with van der Waals surface area (Å²) in [6, 6.07) is 4.24. The highest BCUT2D eigenvalue weighted by Crippen LogP contribution is 2.21. The van der Waals surface area contributed by atoms with Crippen molar-refractivity contribution in [3.63, 3.8) is 0 Å². The zero-order valence-electron chi connectivity index (χ0n) is 16.3. The van der Waals surface area contributed by atoms with Gasteiger partial charge < -0.3 is 25.2 Å². The average Bonchev–Trinajstić information content (AvgIpc) is 2.54. The van der Waals surface area contributed by atoms with Crippen molar-refractivity contribution in [3.8, 4) is 5.75 Å². The van der Waals surface area contributed by atoms with Crippen molar-refractivity contribution in [1.82, 2.24) is 10.6 Å². The Bertz CT molecular complexity index is 571. The molecule has 0 bridgehead atoms. The molecule has 0 fully saturated rings. The van der Waals surface area contributed by atoms with Gasteiger partial charge in [-0.2, -0.15) is 0 Å². The fourth-order valence-electron chi connectivity index (χ4n) is 2.19. The second-order valence-electron chi connectivity index (χ2n) is 7.23. The molecule has 0 aliphatic rings. The number of rotatable bonds is 9. The van der Waals surface area contributed by atoms with Crippen LogP contribution in [0.4, 0.5) is 9.18 Å². The van der Waals surface area contributed by atoms with Gasteiger partial charge >= 0.3 is 6.09 Å². The summed E-state index contributed by atoms with van der Waals surface area (Å²) in [6.45, 7) is 9.78. The second kappa shape index (κ2) is 10.3. The molecule has 6 nitrogen and oxygen atoms in total. The highest BCUT2D eigenvalue weighted by Gasteiger charge is 2.17. The van der Waals surface area contributed by atoms with Gasteiger partial charge in [-0.1, -0.05) is 6.92 Å². The van der Waals surface area contributed by atoms with Gasteiger partial charge in [-0.05, 0) is 52.3 Å². The van der Waals surface area contributed by atoms with Crippen LogP contribution in [0.1, 0.15) is 46.6 Å². The molecule has 0 aliphatic carbocycles. The quantitative estimate of drug-likeness (QED) is 0.623. The van der Waals surface area contributed by atoms with E-state index < -0.39 is 11.7 Å². The lowest BCUT2D eigenvalue weighted by Gasteiger charge is -2.22. The highest BCUT2D eigenvalue weighted by molar-refractivity contribution is 5.67. The fourth-order valence-corrected chi connectivity index (χ4v) is 2.19. The Labute approximate surface area is 155 Å². The summed E-state index contributed by atoms with van der Waals surface area (Å²) < 4.78 is 24.6. The zero-order valence-corrected chi connectivity index (χ0v) is 16.3. The van der Waals surface area contributed by atoms with E-state index >= 15 is 0 Å². The maximum absolute atomic E-state index is 13.6. The predicted molar refractivity (Wildman–Crippen MR) is 98.7 cm³/mol. The predicted octanol–water partition coefficient (Wildman–Crippen LogP) is 2.98. The molecule has 1 aromatic carbocycles. The fraction of sp³-hybridized carbons (Fsp3) is 0.632. The molecule has 0 saturated carbocycles. The molecule has 1 aromatic rings. The third-order valence-corrected chi connectivity index (χ3v) is 3.58. The van der Waals surface area contributed by atoms with E-state index in [0.29, 0.717) is 17.9 Å². The minimum absolute atomic E-state index is 0.0121. The van der Waals surface area contributed by atoms with E-state index in [4.69, 9.17) is 9.47 Å². The second-order valence-corrected chi connectivity index (χ2v) is 7.23. The molecule has 0 saturated heterocycles. The summed E-state index contributed by atoms with van der Waals surface area (Å²) >= 11 is 0. The molecule has 0 unspecified atom stereocenters. The first kappa shape index (κ1) is 22.2. The van der Waals surface area contributed by atoms with E-state index in [2.05, 4.69) is 10.6 Å². The summed E-state index contributed by atoms with van der Waals surface area (Å²) in [4.78, 5) is 11.7. The largest absolute Gasteiger partial charge is 0.489 e. The number of carbonyl (C=O) groups excluding carboxylic acids is 1. The number of hydrogen-bond donors (Lipinski definition) is 3. The van der Waals surface area contributed by atoms with Gasteiger partial charge in [-0.15, -0.1) is 0 Å². The van der Waals surface area contributed by atoms with Gasteiger partial charge in [0.1, 0.15) is 23.3 Å². The first-order valence-corrected chi connectivity index (χ1v) is 8.90. The molecule has 3 N–H and O–H groups in total. The Morgan fingerprint density at radius 2 is 2.04 bits per heavy atom. The van der Waals surface area contributed by atoms with E-state index in [1.165, 1.54) is 12.1 Å². The molecule has 0 spiro atoms. The number of nitrogens with one attached hydrogen (secondary N) is 2. The van der Waals surface area contributed by atoms with Crippen molar-refractivity contribution in [2.45, 2.75) is 65.3 Å². The van der Waals surface area contributed by atoms with E-state index in [9.17, 15) is 14.3 Å². The Morgan fingerprint density at radius 3 is 2.62 bits per heavy atom. The third kappa shape index (κ3) is 8.49. The van der Waals surface area contributed by atoms with Crippen LogP contribution >= 0.6 is 0 Å². The number of halogens is 1. The van der Waals surface area contributed by atoms with Gasteiger partial charge in [0.2, 0.25) is 0 Å². The number of carbonyl (C=O) groups is 1. The van der Waals surface area contributed by atoms with Crippen molar-refractivity contribution in [2.24, 2.45) is 0 Å². The van der Waals surface area contributed by atoms with E-state index in [1.807, 2.05) is 6.92 Å². The minimum atomic E-state index is -0.563. The molecule has 7 heteroatoms. The van der Waals surface area contributed by atoms with Crippen LogP contribution in [0, 0.1) is 5.82 Å². The summed E-state index contributed by atoms with van der Waals surface area (Å²) in [5, 5.41) is 15.1. The molecule has 2 atom stereocenters. The van der Waals surface area contributed by atoms with Crippen LogP contribution in [0.2, 0.25) is 0 Å². The molecule has 0 heterocycles. The van der Waals surface area contributed by atoms with E-state index in [-0.39, 0.29) is 31.1 Å². The molecule has 148 valence electrons. The normalized spacial score (nSPS) is 13.8. The van der Waals surface area contributed by atoms with Crippen LogP contribution in [0.15, 0.2) is 18.2 Å². The van der Waals surface area contributed by atoms with E-state index in [1.54, 1.807) is 33.8 Å². The van der Waals surface area contributed by atoms with Gasteiger partial charge in [0, 0.05) is 18.2 Å². The van der Waals surface area contributed by atoms with Gasteiger partial charge in [0.15, 0.2) is 0 Å². The van der Waals surface area contributed by atoms with Crippen molar-refractivity contribution in [1.29, 1.82) is 0 Å². The monoisotopic (exact) mass is 370 g/mol. The Hall–Kier alpha value is -1.86. The number of benzene rings is 1. The van der Waals surface area contributed by atoms with Gasteiger partial charge in [0.05, 0.1) is 13.2 Å². The maximum Gasteiger partial charge on any atom is 0.407 e. The molecule has 0 aliphatic heterocycles. The summed E-state index contributed by atoms with van der Waals surface area (Å²) in [5.74, 6) is 0.177. The molecular formula is C19H31FN2O4. The van der Waals surface area contributed by atoms with Crippen LogP contribution in [0.5, 0.6) is 5.75 Å². The van der Waals surface area contributed by atoms with Crippen LogP contribution in [0.3, 0.4) is 0 Å². The van der Waals surface area contributed by atoms with Crippen LogP contribution in [-0.2, 0) is 11.3 Å². The molecule has 1 amide bonds. The molecule has 26 heavy (non-hydrogen) atoms. The number of hydrogen-bond acceptors (Lipinski definition) is 5. The summed E-state index contributed by atoms with van der Waals surface area (Å²) in [6.07, 6.45) is -0.0766. The summed E-state index contributed by atoms with van der Waals surface area (Å²) in [5.41, 5.74) is 0.0907. The molecule has 1 rings (SSSR count). The first-order valence-electron chi connectivity index (χ1n) is 8.90. The SMILES string of the molecule is CC[C@H](CO)NCc1cc(F)ccc1O[C@@H](C)CNC(=O)OC(C)(C)C. The van der Waals surface area contributed by atoms with Crippen LogP contribution in [-0.4, -0.2) is 42.1 Å². The van der Waals surface area contributed by atoms with Crippen molar-refractivity contribution < 1.29 is 23.8 Å². The average molecular weight is 370 g/mol. The van der Waals surface area contributed by atoms with Gasteiger partial charge in [0.25, 0.3) is 0 Å². The third-order valence-electron chi connectivity index (χ3n) is 3.58. The Balaban J connectivity index is 2.63. The minimum Gasteiger partial charge on any atom is -0.489 e. The molecular weight excluding hydrogens is 339 g/mol. The lowest BCUT2D eigenvalue weighted by atomic mass is 10.1. The summed E-state index contributed by atoms with van der Waals surface area (Å²) in [7, 11) is 0. The number of aliphatic hydroxyl groups is 1. The number of ether oxygens (including phenoxy) is 2. The van der Waals surface area contributed by atoms with Crippen LogP contribution < -0.4 is 15.4 Å². The number of amides is 1. The van der Waals surface area contributed by atoms with Gasteiger partial charge in [-0.3, -0.25) is 0 Å². The smallest absolute Gasteiger partial charge is 0.407 e. The lowest BCUT2D eigenvalue weighted by molar-refractivity contribution is 0.0505. The van der Waals surface area contributed by atoms with Crippen molar-refractivity contribution in [2.75, 3.05) is 13.2 Å². The Morgan fingerprint density at radius 1 is 1.35 bits per heavy atom. The number of alkyl carbamates (subject to hydrolysis) is 1. The zero-order chi connectivity index (χ0) is 19.7. The topological polar surface area (TPSA) is 79.8 Å². The highest BCUT2D eigenvalue weighted by atomic mass is 19.1. The lowest BCUT2D eigenvalue weighted by Crippen LogP contribution is -2.38. The molecule has 0 aromatic heterocycles. The standard InChI is InChI=1S/C19H31FN2O4/c1-6-16(12-23)21-11-14-9-15(20)7-8-17(14)25-13(2)10-22-18(24)26-19(3,4)5/h7-9,13,16,21,23H,6,10-12H2,1-5H3,(H,22,24)/t13-,16+/m0/s1. The molecule has 0 radical (unpaired) electrons. The van der Waals surface area contributed by atoms with E-state index in [0.717, 1.165) is 6.42 Å². The van der Waals surface area contributed by atoms with Crippen LogP contribution in [0.25, 0.3) is 0 Å². The van der Waals surface area contributed by atoms with Crippen molar-refractivity contribution in [3.05, 3.63) is 29.6 Å². The Kier molecular flexibility index (Phi) is 8.81. The number of aliphatic hydroxyl groups excluding tert-OH is 1. The maximum atomic E-state index is 13.6. The van der Waals surface area contributed by atoms with Crippen molar-refractivity contribution >= 4 is 6.09 Å². The van der Waals surface area contributed by atoms with Gasteiger partial charge in [-0.25, -0.2) is 9.18 Å². The first-order chi connectivity index (χ1) is 12.1.